The van der Waals surface area contributed by atoms with Crippen LogP contribution in [-0.4, -0.2) is 33.8 Å². The number of hydrogen-bond donors (Lipinski definition) is 2. The molecule has 2 N–H and O–H groups in total. The zero-order valence-electron chi connectivity index (χ0n) is 10.9. The molecule has 1 aromatic heterocycles. The van der Waals surface area contributed by atoms with Crippen LogP contribution in [0.15, 0.2) is 11.3 Å². The highest BCUT2D eigenvalue weighted by atomic mass is 15.3. The van der Waals surface area contributed by atoms with Gasteiger partial charge in [-0.1, -0.05) is 6.92 Å². The van der Waals surface area contributed by atoms with Crippen LogP contribution >= 0.6 is 0 Å². The third kappa shape index (κ3) is 4.42. The number of rotatable bonds is 6. The Morgan fingerprint density at radius 2 is 2.18 bits per heavy atom. The Labute approximate surface area is 103 Å². The van der Waals surface area contributed by atoms with Crippen molar-refractivity contribution in [3.05, 3.63) is 12.2 Å². The standard InChI is InChI=1S/C11H22N6/c1-4-7-13-11(12-5-2)14-8-10-16-15-9-17(10)6-3/h9H,4-8H2,1-3H3,(H2,12,13,14). The van der Waals surface area contributed by atoms with Gasteiger partial charge in [0.05, 0.1) is 0 Å². The molecule has 0 atom stereocenters. The third-order valence-corrected chi connectivity index (χ3v) is 2.30. The fourth-order valence-corrected chi connectivity index (χ4v) is 1.40. The van der Waals surface area contributed by atoms with Crippen LogP contribution in [0.3, 0.4) is 0 Å². The van der Waals surface area contributed by atoms with Gasteiger partial charge in [0.25, 0.3) is 0 Å². The molecule has 0 aliphatic carbocycles. The predicted molar refractivity (Wildman–Crippen MR) is 68.8 cm³/mol. The number of hydrogen-bond acceptors (Lipinski definition) is 3. The predicted octanol–water partition coefficient (Wildman–Crippen LogP) is 0.763. The van der Waals surface area contributed by atoms with Crippen molar-refractivity contribution < 1.29 is 0 Å². The first kappa shape index (κ1) is 13.5. The van der Waals surface area contributed by atoms with Crippen molar-refractivity contribution in [2.75, 3.05) is 13.1 Å². The van der Waals surface area contributed by atoms with Gasteiger partial charge in [-0.3, -0.25) is 0 Å². The smallest absolute Gasteiger partial charge is 0.191 e. The van der Waals surface area contributed by atoms with Gasteiger partial charge in [-0.25, -0.2) is 4.99 Å². The molecular formula is C11H22N6. The van der Waals surface area contributed by atoms with Crippen LogP contribution in [0.1, 0.15) is 33.0 Å². The molecule has 1 heterocycles. The molecule has 6 heteroatoms. The van der Waals surface area contributed by atoms with E-state index in [1.165, 1.54) is 0 Å². The van der Waals surface area contributed by atoms with E-state index in [2.05, 4.69) is 46.6 Å². The molecule has 0 fully saturated rings. The monoisotopic (exact) mass is 238 g/mol. The molecule has 0 saturated carbocycles. The average Bonchev–Trinajstić information content (AvgIpc) is 2.80. The topological polar surface area (TPSA) is 67.1 Å². The molecule has 96 valence electrons. The summed E-state index contributed by atoms with van der Waals surface area (Å²) in [6.07, 6.45) is 2.81. The fraction of sp³-hybridized carbons (Fsp3) is 0.727. The second-order valence-electron chi connectivity index (χ2n) is 3.66. The van der Waals surface area contributed by atoms with Gasteiger partial charge in [-0.2, -0.15) is 0 Å². The van der Waals surface area contributed by atoms with Crippen LogP contribution in [0.25, 0.3) is 0 Å². The lowest BCUT2D eigenvalue weighted by Crippen LogP contribution is -2.37. The summed E-state index contributed by atoms with van der Waals surface area (Å²) >= 11 is 0. The van der Waals surface area contributed by atoms with Crippen molar-refractivity contribution in [2.24, 2.45) is 4.99 Å². The highest BCUT2D eigenvalue weighted by Crippen LogP contribution is 1.96. The Bertz CT molecular complexity index is 343. The molecule has 0 saturated heterocycles. The third-order valence-electron chi connectivity index (χ3n) is 2.30. The van der Waals surface area contributed by atoms with Crippen LogP contribution in [0.4, 0.5) is 0 Å². The number of aromatic nitrogens is 3. The second kappa shape index (κ2) is 7.65. The van der Waals surface area contributed by atoms with E-state index in [4.69, 9.17) is 0 Å². The lowest BCUT2D eigenvalue weighted by Gasteiger charge is -2.10. The summed E-state index contributed by atoms with van der Waals surface area (Å²) in [7, 11) is 0. The molecule has 0 spiro atoms. The minimum Gasteiger partial charge on any atom is -0.357 e. The zero-order valence-corrected chi connectivity index (χ0v) is 10.9. The number of aryl methyl sites for hydroxylation is 1. The molecule has 17 heavy (non-hydrogen) atoms. The Kier molecular flexibility index (Phi) is 6.06. The van der Waals surface area contributed by atoms with Crippen molar-refractivity contribution in [2.45, 2.75) is 40.3 Å². The number of nitrogens with zero attached hydrogens (tertiary/aromatic N) is 4. The highest BCUT2D eigenvalue weighted by Gasteiger charge is 2.02. The first-order valence-corrected chi connectivity index (χ1v) is 6.20. The lowest BCUT2D eigenvalue weighted by molar-refractivity contribution is 0.693. The first-order valence-electron chi connectivity index (χ1n) is 6.20. The van der Waals surface area contributed by atoms with Crippen LogP contribution in [-0.2, 0) is 13.1 Å². The fourth-order valence-electron chi connectivity index (χ4n) is 1.40. The number of guanidine groups is 1. The Morgan fingerprint density at radius 3 is 2.82 bits per heavy atom. The zero-order chi connectivity index (χ0) is 12.5. The van der Waals surface area contributed by atoms with Crippen LogP contribution in [0, 0.1) is 0 Å². The van der Waals surface area contributed by atoms with Crippen molar-refractivity contribution in [1.29, 1.82) is 0 Å². The van der Waals surface area contributed by atoms with Crippen molar-refractivity contribution >= 4 is 5.96 Å². The van der Waals surface area contributed by atoms with Gasteiger partial charge in [-0.15, -0.1) is 10.2 Å². The Balaban J connectivity index is 2.58. The minimum atomic E-state index is 0.548. The first-order chi connectivity index (χ1) is 8.31. The summed E-state index contributed by atoms with van der Waals surface area (Å²) in [5.74, 6) is 1.72. The van der Waals surface area contributed by atoms with E-state index < -0.39 is 0 Å². The van der Waals surface area contributed by atoms with Gasteiger partial charge in [0.15, 0.2) is 11.8 Å². The van der Waals surface area contributed by atoms with Gasteiger partial charge in [0.1, 0.15) is 12.9 Å². The van der Waals surface area contributed by atoms with E-state index in [1.807, 2.05) is 4.57 Å². The van der Waals surface area contributed by atoms with Gasteiger partial charge < -0.3 is 15.2 Å². The van der Waals surface area contributed by atoms with Crippen molar-refractivity contribution in [3.63, 3.8) is 0 Å². The number of nitrogens with one attached hydrogen (secondary N) is 2. The minimum absolute atomic E-state index is 0.548. The second-order valence-corrected chi connectivity index (χ2v) is 3.66. The molecule has 0 radical (unpaired) electrons. The lowest BCUT2D eigenvalue weighted by atomic mass is 10.5. The van der Waals surface area contributed by atoms with Gasteiger partial charge in [0.2, 0.25) is 0 Å². The molecule has 0 aliphatic rings. The molecule has 6 nitrogen and oxygen atoms in total. The molecule has 0 aliphatic heterocycles. The molecule has 0 aromatic carbocycles. The van der Waals surface area contributed by atoms with Crippen molar-refractivity contribution in [3.8, 4) is 0 Å². The summed E-state index contributed by atoms with van der Waals surface area (Å²) in [6, 6.07) is 0. The molecule has 0 bridgehead atoms. The summed E-state index contributed by atoms with van der Waals surface area (Å²) in [6.45, 7) is 9.45. The molecule has 0 amide bonds. The quantitative estimate of drug-likeness (QED) is 0.567. The van der Waals surface area contributed by atoms with E-state index in [0.717, 1.165) is 37.8 Å². The van der Waals surface area contributed by atoms with Crippen LogP contribution in [0.5, 0.6) is 0 Å². The molecule has 1 rings (SSSR count). The summed E-state index contributed by atoms with van der Waals surface area (Å²) in [5, 5.41) is 14.4. The number of aliphatic imine (C=N–C) groups is 1. The molecule has 0 unspecified atom stereocenters. The van der Waals surface area contributed by atoms with Gasteiger partial charge in [0, 0.05) is 19.6 Å². The van der Waals surface area contributed by atoms with E-state index in [1.54, 1.807) is 6.33 Å². The largest absolute Gasteiger partial charge is 0.357 e. The van der Waals surface area contributed by atoms with E-state index >= 15 is 0 Å². The summed E-state index contributed by atoms with van der Waals surface area (Å²) < 4.78 is 1.99. The van der Waals surface area contributed by atoms with E-state index in [9.17, 15) is 0 Å². The average molecular weight is 238 g/mol. The Hall–Kier alpha value is -1.59. The molecule has 1 aromatic rings. The van der Waals surface area contributed by atoms with E-state index in [-0.39, 0.29) is 0 Å². The van der Waals surface area contributed by atoms with E-state index in [0.29, 0.717) is 6.54 Å². The van der Waals surface area contributed by atoms with Gasteiger partial charge in [-0.05, 0) is 20.3 Å². The summed E-state index contributed by atoms with van der Waals surface area (Å²) in [4.78, 5) is 4.47. The normalized spacial score (nSPS) is 11.6. The van der Waals surface area contributed by atoms with Crippen LogP contribution in [0.2, 0.25) is 0 Å². The Morgan fingerprint density at radius 1 is 1.35 bits per heavy atom. The maximum absolute atomic E-state index is 4.47. The van der Waals surface area contributed by atoms with Crippen molar-refractivity contribution in [1.82, 2.24) is 25.4 Å². The maximum Gasteiger partial charge on any atom is 0.191 e. The SMILES string of the molecule is CCCNC(=NCc1nncn1CC)NCC. The maximum atomic E-state index is 4.47. The molecular weight excluding hydrogens is 216 g/mol. The highest BCUT2D eigenvalue weighted by molar-refractivity contribution is 5.79. The summed E-state index contributed by atoms with van der Waals surface area (Å²) in [5.41, 5.74) is 0. The van der Waals surface area contributed by atoms with Gasteiger partial charge >= 0.3 is 0 Å². The van der Waals surface area contributed by atoms with Crippen LogP contribution < -0.4 is 10.6 Å².